The zero-order chi connectivity index (χ0) is 16.1. The van der Waals surface area contributed by atoms with Crippen LogP contribution < -0.4 is 10.1 Å². The molecule has 1 N–H and O–H groups in total. The summed E-state index contributed by atoms with van der Waals surface area (Å²) in [7, 11) is 0. The number of hydrogen-bond acceptors (Lipinski definition) is 3. The smallest absolute Gasteiger partial charge is 0.251 e. The Bertz CT molecular complexity index is 509. The van der Waals surface area contributed by atoms with E-state index in [2.05, 4.69) is 17.1 Å². The Morgan fingerprint density at radius 3 is 2.61 bits per heavy atom. The van der Waals surface area contributed by atoms with Crippen LogP contribution in [0.5, 0.6) is 5.75 Å². The van der Waals surface area contributed by atoms with Gasteiger partial charge in [0.25, 0.3) is 5.91 Å². The first-order valence-electron chi connectivity index (χ1n) is 9.05. The van der Waals surface area contributed by atoms with Crippen LogP contribution in [0.25, 0.3) is 0 Å². The van der Waals surface area contributed by atoms with E-state index in [9.17, 15) is 4.79 Å². The Morgan fingerprint density at radius 1 is 1.17 bits per heavy atom. The quantitative estimate of drug-likeness (QED) is 0.876. The number of likely N-dealkylation sites (N-methyl/N-ethyl adjacent to an activating group) is 1. The van der Waals surface area contributed by atoms with Crippen molar-refractivity contribution in [1.29, 1.82) is 0 Å². The average Bonchev–Trinajstić information content (AvgIpc) is 3.24. The minimum Gasteiger partial charge on any atom is -0.490 e. The van der Waals surface area contributed by atoms with Crippen molar-refractivity contribution < 1.29 is 9.53 Å². The van der Waals surface area contributed by atoms with Crippen LogP contribution in [0.2, 0.25) is 0 Å². The molecule has 3 rings (SSSR count). The van der Waals surface area contributed by atoms with Crippen LogP contribution in [0.3, 0.4) is 0 Å². The standard InChI is InChI=1S/C19H28N2O2/c1-2-21-13-5-6-16(21)14-20-19(22)15-9-11-18(12-10-15)23-17-7-3-4-8-17/h9-12,16-17H,2-8,13-14H2,1H3,(H,20,22)/t16-/m1/s1. The molecule has 0 unspecified atom stereocenters. The van der Waals surface area contributed by atoms with E-state index in [1.54, 1.807) is 0 Å². The first-order valence-corrected chi connectivity index (χ1v) is 9.05. The van der Waals surface area contributed by atoms with Crippen molar-refractivity contribution in [3.63, 3.8) is 0 Å². The molecule has 4 nitrogen and oxygen atoms in total. The number of benzene rings is 1. The van der Waals surface area contributed by atoms with E-state index in [1.165, 1.54) is 25.7 Å². The summed E-state index contributed by atoms with van der Waals surface area (Å²) in [5.41, 5.74) is 0.713. The fourth-order valence-electron chi connectivity index (χ4n) is 3.74. The molecule has 0 spiro atoms. The predicted molar refractivity (Wildman–Crippen MR) is 91.9 cm³/mol. The normalized spacial score (nSPS) is 22.4. The fraction of sp³-hybridized carbons (Fsp3) is 0.632. The monoisotopic (exact) mass is 316 g/mol. The third-order valence-electron chi connectivity index (χ3n) is 5.12. The lowest BCUT2D eigenvalue weighted by molar-refractivity contribution is 0.0941. The topological polar surface area (TPSA) is 41.6 Å². The van der Waals surface area contributed by atoms with Crippen molar-refractivity contribution in [3.8, 4) is 5.75 Å². The molecule has 1 aromatic rings. The van der Waals surface area contributed by atoms with E-state index in [-0.39, 0.29) is 5.91 Å². The van der Waals surface area contributed by atoms with E-state index in [4.69, 9.17) is 4.74 Å². The number of carbonyl (C=O) groups is 1. The number of rotatable bonds is 6. The third-order valence-corrected chi connectivity index (χ3v) is 5.12. The lowest BCUT2D eigenvalue weighted by Crippen LogP contribution is -2.40. The zero-order valence-electron chi connectivity index (χ0n) is 14.1. The van der Waals surface area contributed by atoms with Gasteiger partial charge in [-0.05, 0) is 75.9 Å². The summed E-state index contributed by atoms with van der Waals surface area (Å²) in [6.45, 7) is 5.15. The molecule has 1 aliphatic carbocycles. The maximum Gasteiger partial charge on any atom is 0.251 e. The van der Waals surface area contributed by atoms with Crippen molar-refractivity contribution >= 4 is 5.91 Å². The molecule has 1 aliphatic heterocycles. The van der Waals surface area contributed by atoms with E-state index in [0.717, 1.165) is 38.2 Å². The van der Waals surface area contributed by atoms with Crippen LogP contribution in [-0.4, -0.2) is 42.6 Å². The summed E-state index contributed by atoms with van der Waals surface area (Å²) >= 11 is 0. The number of hydrogen-bond donors (Lipinski definition) is 1. The lowest BCUT2D eigenvalue weighted by Gasteiger charge is -2.22. The van der Waals surface area contributed by atoms with Gasteiger partial charge in [0.2, 0.25) is 0 Å². The summed E-state index contributed by atoms with van der Waals surface area (Å²) in [6, 6.07) is 8.06. The molecule has 126 valence electrons. The van der Waals surface area contributed by atoms with Crippen LogP contribution in [0.4, 0.5) is 0 Å². The second-order valence-electron chi connectivity index (χ2n) is 6.68. The Balaban J connectivity index is 1.49. The van der Waals surface area contributed by atoms with Crippen LogP contribution in [-0.2, 0) is 0 Å². The van der Waals surface area contributed by atoms with Gasteiger partial charge in [0, 0.05) is 18.2 Å². The Kier molecular flexibility index (Phi) is 5.55. The molecule has 1 saturated carbocycles. The maximum absolute atomic E-state index is 12.3. The van der Waals surface area contributed by atoms with E-state index >= 15 is 0 Å². The molecule has 0 bridgehead atoms. The first kappa shape index (κ1) is 16.3. The number of amides is 1. The van der Waals surface area contributed by atoms with Gasteiger partial charge in [-0.1, -0.05) is 6.92 Å². The highest BCUT2D eigenvalue weighted by atomic mass is 16.5. The van der Waals surface area contributed by atoms with Crippen LogP contribution in [0, 0.1) is 0 Å². The van der Waals surface area contributed by atoms with E-state index < -0.39 is 0 Å². The fourth-order valence-corrected chi connectivity index (χ4v) is 3.74. The summed E-state index contributed by atoms with van der Waals surface area (Å²) in [6.07, 6.45) is 7.61. The van der Waals surface area contributed by atoms with Gasteiger partial charge >= 0.3 is 0 Å². The molecule has 1 saturated heterocycles. The third kappa shape index (κ3) is 4.25. The molecule has 23 heavy (non-hydrogen) atoms. The highest BCUT2D eigenvalue weighted by Gasteiger charge is 2.23. The average molecular weight is 316 g/mol. The molecule has 2 aliphatic rings. The minimum atomic E-state index is 0.0142. The Morgan fingerprint density at radius 2 is 1.91 bits per heavy atom. The van der Waals surface area contributed by atoms with Gasteiger partial charge in [0.15, 0.2) is 0 Å². The minimum absolute atomic E-state index is 0.0142. The second kappa shape index (κ2) is 7.82. The largest absolute Gasteiger partial charge is 0.490 e. The molecule has 1 atom stereocenters. The number of ether oxygens (including phenoxy) is 1. The van der Waals surface area contributed by atoms with Crippen molar-refractivity contribution in [3.05, 3.63) is 29.8 Å². The molecule has 4 heteroatoms. The van der Waals surface area contributed by atoms with Gasteiger partial charge in [0.1, 0.15) is 5.75 Å². The summed E-state index contributed by atoms with van der Waals surface area (Å²) in [5.74, 6) is 0.891. The van der Waals surface area contributed by atoms with Gasteiger partial charge < -0.3 is 10.1 Å². The number of likely N-dealkylation sites (tertiary alicyclic amines) is 1. The predicted octanol–water partition coefficient (Wildman–Crippen LogP) is 3.22. The number of nitrogens with zero attached hydrogens (tertiary/aromatic N) is 1. The van der Waals surface area contributed by atoms with Gasteiger partial charge in [-0.25, -0.2) is 0 Å². The van der Waals surface area contributed by atoms with Crippen LogP contribution >= 0.6 is 0 Å². The second-order valence-corrected chi connectivity index (χ2v) is 6.68. The molecule has 1 heterocycles. The highest BCUT2D eigenvalue weighted by Crippen LogP contribution is 2.24. The molecule has 1 amide bonds. The SMILES string of the molecule is CCN1CCC[C@@H]1CNC(=O)c1ccc(OC2CCCC2)cc1. The van der Waals surface area contributed by atoms with E-state index in [1.807, 2.05) is 24.3 Å². The summed E-state index contributed by atoms with van der Waals surface area (Å²) in [5, 5.41) is 3.08. The zero-order valence-corrected chi connectivity index (χ0v) is 14.1. The number of carbonyl (C=O) groups excluding carboxylic acids is 1. The Hall–Kier alpha value is -1.55. The van der Waals surface area contributed by atoms with Gasteiger partial charge in [-0.2, -0.15) is 0 Å². The molecular weight excluding hydrogens is 288 g/mol. The van der Waals surface area contributed by atoms with Crippen LogP contribution in [0.1, 0.15) is 55.8 Å². The van der Waals surface area contributed by atoms with Crippen molar-refractivity contribution in [2.75, 3.05) is 19.6 Å². The maximum atomic E-state index is 12.3. The van der Waals surface area contributed by atoms with Crippen LogP contribution in [0.15, 0.2) is 24.3 Å². The summed E-state index contributed by atoms with van der Waals surface area (Å²) < 4.78 is 5.94. The molecular formula is C19H28N2O2. The van der Waals surface area contributed by atoms with Gasteiger partial charge in [0.05, 0.1) is 6.10 Å². The van der Waals surface area contributed by atoms with Crippen molar-refractivity contribution in [2.45, 2.75) is 57.6 Å². The Labute approximate surface area is 139 Å². The lowest BCUT2D eigenvalue weighted by atomic mass is 10.2. The molecule has 2 fully saturated rings. The van der Waals surface area contributed by atoms with Gasteiger partial charge in [-0.3, -0.25) is 9.69 Å². The van der Waals surface area contributed by atoms with Crippen molar-refractivity contribution in [2.24, 2.45) is 0 Å². The first-order chi connectivity index (χ1) is 11.3. The molecule has 0 aromatic heterocycles. The van der Waals surface area contributed by atoms with E-state index in [0.29, 0.717) is 17.7 Å². The molecule has 1 aromatic carbocycles. The highest BCUT2D eigenvalue weighted by molar-refractivity contribution is 5.94. The molecule has 0 radical (unpaired) electrons. The van der Waals surface area contributed by atoms with Crippen molar-refractivity contribution in [1.82, 2.24) is 10.2 Å². The summed E-state index contributed by atoms with van der Waals surface area (Å²) in [4.78, 5) is 14.7. The number of nitrogens with one attached hydrogen (secondary N) is 1. The van der Waals surface area contributed by atoms with Gasteiger partial charge in [-0.15, -0.1) is 0 Å².